The molecule has 0 aliphatic carbocycles. The molecule has 5 nitrogen and oxygen atoms in total. The first-order valence-corrected chi connectivity index (χ1v) is 5.67. The molecule has 0 bridgehead atoms. The highest BCUT2D eigenvalue weighted by atomic mass is 32.2. The number of amides is 1. The lowest BCUT2D eigenvalue weighted by Gasteiger charge is -2.38. The van der Waals surface area contributed by atoms with Gasteiger partial charge in [0.1, 0.15) is 17.7 Å². The number of aliphatic carboxylic acids is 1. The van der Waals surface area contributed by atoms with Gasteiger partial charge in [-0.1, -0.05) is 0 Å². The topological polar surface area (TPSA) is 74.7 Å². The summed E-state index contributed by atoms with van der Waals surface area (Å²) in [5, 5.41) is 8.83. The highest BCUT2D eigenvalue weighted by Crippen LogP contribution is 2.52. The number of carbonyl (C=O) groups excluding carboxylic acids is 2. The van der Waals surface area contributed by atoms with E-state index in [-0.39, 0.29) is 11.3 Å². The molecule has 1 amide bonds. The molecule has 0 spiro atoms. The first-order chi connectivity index (χ1) is 7.40. The number of fused-ring (bicyclic) bond motifs is 1. The Bertz CT molecular complexity index is 415. The molecule has 86 valence electrons. The van der Waals surface area contributed by atoms with Crippen molar-refractivity contribution in [3.8, 4) is 0 Å². The zero-order chi connectivity index (χ0) is 12.1. The van der Waals surface area contributed by atoms with Crippen LogP contribution >= 0.6 is 11.8 Å². The van der Waals surface area contributed by atoms with Crippen LogP contribution in [0, 0.1) is 0 Å². The smallest absolute Gasteiger partial charge is 0.327 e. The lowest BCUT2D eigenvalue weighted by molar-refractivity contribution is -0.152. The minimum Gasteiger partial charge on any atom is -0.480 e. The first-order valence-electron chi connectivity index (χ1n) is 4.79. The highest BCUT2D eigenvalue weighted by Gasteiger charge is 2.61. The van der Waals surface area contributed by atoms with Gasteiger partial charge in [0, 0.05) is 4.75 Å². The van der Waals surface area contributed by atoms with Crippen LogP contribution in [0.3, 0.4) is 0 Å². The summed E-state index contributed by atoms with van der Waals surface area (Å²) in [6, 6.07) is -0.821. The Balaban J connectivity index is 2.35. The van der Waals surface area contributed by atoms with Crippen molar-refractivity contribution in [2.45, 2.75) is 30.0 Å². The molecule has 2 fully saturated rings. The van der Waals surface area contributed by atoms with Crippen molar-refractivity contribution in [3.05, 3.63) is 11.6 Å². The highest BCUT2D eigenvalue weighted by molar-refractivity contribution is 8.01. The van der Waals surface area contributed by atoms with Crippen LogP contribution in [0.5, 0.6) is 0 Å². The van der Waals surface area contributed by atoms with Crippen LogP contribution in [-0.2, 0) is 14.4 Å². The fourth-order valence-corrected chi connectivity index (χ4v) is 3.70. The van der Waals surface area contributed by atoms with Gasteiger partial charge in [0.05, 0.1) is 5.57 Å². The second kappa shape index (κ2) is 3.35. The average Bonchev–Trinajstić information content (AvgIpc) is 2.43. The molecule has 2 rings (SSSR count). The third-order valence-corrected chi connectivity index (χ3v) is 4.37. The summed E-state index contributed by atoms with van der Waals surface area (Å²) < 4.78 is -0.537. The van der Waals surface area contributed by atoms with Gasteiger partial charge in [-0.25, -0.2) is 4.79 Å². The predicted molar refractivity (Wildman–Crippen MR) is 57.9 cm³/mol. The number of rotatable bonds is 2. The van der Waals surface area contributed by atoms with E-state index in [1.807, 2.05) is 0 Å². The Morgan fingerprint density at radius 1 is 1.56 bits per heavy atom. The summed E-state index contributed by atoms with van der Waals surface area (Å²) in [7, 11) is 0. The van der Waals surface area contributed by atoms with Gasteiger partial charge in [-0.2, -0.15) is 0 Å². The van der Waals surface area contributed by atoms with Gasteiger partial charge in [-0.05, 0) is 19.9 Å². The molecule has 2 aliphatic rings. The maximum Gasteiger partial charge on any atom is 0.327 e. The summed E-state index contributed by atoms with van der Waals surface area (Å²) in [5.74, 6) is -1.35. The van der Waals surface area contributed by atoms with Gasteiger partial charge in [0.25, 0.3) is 5.91 Å². The van der Waals surface area contributed by atoms with Crippen LogP contribution in [-0.4, -0.2) is 44.3 Å². The van der Waals surface area contributed by atoms with E-state index in [9.17, 15) is 14.4 Å². The van der Waals surface area contributed by atoms with Crippen molar-refractivity contribution in [1.82, 2.24) is 4.90 Å². The Morgan fingerprint density at radius 3 is 2.69 bits per heavy atom. The van der Waals surface area contributed by atoms with E-state index in [1.165, 1.54) is 22.7 Å². The molecule has 0 radical (unpaired) electrons. The lowest BCUT2D eigenvalue weighted by Crippen LogP contribution is -2.58. The van der Waals surface area contributed by atoms with Gasteiger partial charge in [0.2, 0.25) is 0 Å². The normalized spacial score (nSPS) is 33.5. The van der Waals surface area contributed by atoms with Crippen LogP contribution in [0.15, 0.2) is 11.6 Å². The van der Waals surface area contributed by atoms with E-state index in [4.69, 9.17) is 5.11 Å². The minimum atomic E-state index is -1.00. The average molecular weight is 241 g/mol. The fraction of sp³-hybridized carbons (Fsp3) is 0.500. The van der Waals surface area contributed by atoms with E-state index in [0.717, 1.165) is 0 Å². The number of nitrogens with zero attached hydrogens (tertiary/aromatic N) is 1. The SMILES string of the molecule is CC1(C)S[C@@H]2C(=CC=O)C(=O)N2[C@H]1C(=O)O. The summed E-state index contributed by atoms with van der Waals surface area (Å²) in [6.45, 7) is 3.58. The number of β-lactam (4-membered cyclic amide) rings is 1. The van der Waals surface area contributed by atoms with E-state index < -0.39 is 16.8 Å². The molecule has 16 heavy (non-hydrogen) atoms. The number of hydrogen-bond acceptors (Lipinski definition) is 4. The quantitative estimate of drug-likeness (QED) is 0.426. The maximum atomic E-state index is 11.7. The molecule has 0 saturated carbocycles. The summed E-state index contributed by atoms with van der Waals surface area (Å²) in [4.78, 5) is 34.5. The van der Waals surface area contributed by atoms with Crippen molar-refractivity contribution >= 4 is 29.9 Å². The van der Waals surface area contributed by atoms with Crippen molar-refractivity contribution < 1.29 is 19.5 Å². The fourth-order valence-electron chi connectivity index (χ4n) is 2.15. The Labute approximate surface area is 96.5 Å². The number of carbonyl (C=O) groups is 3. The number of hydrogen-bond donors (Lipinski definition) is 1. The molecule has 0 unspecified atom stereocenters. The maximum absolute atomic E-state index is 11.7. The lowest BCUT2D eigenvalue weighted by atomic mass is 9.96. The molecule has 2 heterocycles. The summed E-state index contributed by atoms with van der Waals surface area (Å²) >= 11 is 1.40. The molecule has 6 heteroatoms. The van der Waals surface area contributed by atoms with E-state index in [0.29, 0.717) is 11.9 Å². The predicted octanol–water partition coefficient (Wildman–Crippen LogP) is 0.259. The minimum absolute atomic E-state index is 0.284. The van der Waals surface area contributed by atoms with Gasteiger partial charge >= 0.3 is 5.97 Å². The van der Waals surface area contributed by atoms with Gasteiger partial charge in [-0.15, -0.1) is 11.8 Å². The van der Waals surface area contributed by atoms with Crippen LogP contribution in [0.4, 0.5) is 0 Å². The van der Waals surface area contributed by atoms with Crippen molar-refractivity contribution in [2.75, 3.05) is 0 Å². The van der Waals surface area contributed by atoms with Gasteiger partial charge < -0.3 is 10.0 Å². The number of aldehydes is 1. The number of carboxylic acid groups (broad SMARTS) is 1. The number of thioether (sulfide) groups is 1. The van der Waals surface area contributed by atoms with E-state index in [2.05, 4.69) is 0 Å². The summed E-state index contributed by atoms with van der Waals surface area (Å²) in [5.41, 5.74) is 0.400. The molecule has 1 N–H and O–H groups in total. The zero-order valence-electron chi connectivity index (χ0n) is 8.84. The molecule has 0 aromatic carbocycles. The third kappa shape index (κ3) is 1.29. The van der Waals surface area contributed by atoms with Crippen molar-refractivity contribution in [2.24, 2.45) is 0 Å². The molecule has 2 atom stereocenters. The third-order valence-electron chi connectivity index (χ3n) is 2.83. The second-order valence-electron chi connectivity index (χ2n) is 4.28. The van der Waals surface area contributed by atoms with E-state index >= 15 is 0 Å². The number of carboxylic acids is 1. The van der Waals surface area contributed by atoms with Crippen LogP contribution in [0.2, 0.25) is 0 Å². The molecule has 0 aromatic heterocycles. The zero-order valence-corrected chi connectivity index (χ0v) is 9.65. The largest absolute Gasteiger partial charge is 0.480 e. The Morgan fingerprint density at radius 2 is 2.19 bits per heavy atom. The molecular formula is C10H11NO4S. The first kappa shape index (κ1) is 11.2. The molecular weight excluding hydrogens is 230 g/mol. The Hall–Kier alpha value is -1.30. The molecule has 2 saturated heterocycles. The van der Waals surface area contributed by atoms with Crippen LogP contribution in [0.25, 0.3) is 0 Å². The van der Waals surface area contributed by atoms with E-state index in [1.54, 1.807) is 13.8 Å². The van der Waals surface area contributed by atoms with Gasteiger partial charge in [-0.3, -0.25) is 9.59 Å². The summed E-state index contributed by atoms with van der Waals surface area (Å²) in [6.07, 6.45) is 1.78. The van der Waals surface area contributed by atoms with Crippen molar-refractivity contribution in [1.29, 1.82) is 0 Å². The standard InChI is InChI=1S/C10H11NO4S/c1-10(2)6(9(14)15)11-7(13)5(3-4-12)8(11)16-10/h3-4,6,8H,1-2H3,(H,14,15)/t6-,8+/m0/s1. The molecule has 2 aliphatic heterocycles. The Kier molecular flexibility index (Phi) is 2.34. The van der Waals surface area contributed by atoms with Gasteiger partial charge in [0.15, 0.2) is 0 Å². The molecule has 0 aromatic rings. The monoisotopic (exact) mass is 241 g/mol. The van der Waals surface area contributed by atoms with Crippen LogP contribution in [0.1, 0.15) is 13.8 Å². The number of allylic oxidation sites excluding steroid dienone is 1. The van der Waals surface area contributed by atoms with Crippen molar-refractivity contribution in [3.63, 3.8) is 0 Å². The van der Waals surface area contributed by atoms with Crippen LogP contribution < -0.4 is 0 Å². The second-order valence-corrected chi connectivity index (χ2v) is 6.02.